The molecular weight excluding hydrogens is 421 g/mol. The van der Waals surface area contributed by atoms with E-state index in [1.807, 2.05) is 34.9 Å². The molecule has 1 aliphatic rings. The first-order valence-electron chi connectivity index (χ1n) is 11.1. The molecule has 0 unspecified atom stereocenters. The van der Waals surface area contributed by atoms with Gasteiger partial charge in [0.05, 0.1) is 24.0 Å². The molecule has 1 atom stereocenters. The minimum Gasteiger partial charge on any atom is -0.395 e. The first kappa shape index (κ1) is 21.4. The van der Waals surface area contributed by atoms with Crippen molar-refractivity contribution in [2.24, 2.45) is 0 Å². The van der Waals surface area contributed by atoms with Crippen LogP contribution in [0.3, 0.4) is 0 Å². The van der Waals surface area contributed by atoms with Crippen LogP contribution >= 0.6 is 0 Å². The van der Waals surface area contributed by atoms with Crippen molar-refractivity contribution < 1.29 is 14.3 Å². The third-order valence-corrected chi connectivity index (χ3v) is 6.10. The van der Waals surface area contributed by atoms with E-state index in [1.54, 1.807) is 18.5 Å². The van der Waals surface area contributed by atoms with Gasteiger partial charge >= 0.3 is 6.03 Å². The number of imidazole rings is 1. The molecule has 8 heteroatoms. The molecule has 1 saturated heterocycles. The molecule has 33 heavy (non-hydrogen) atoms. The van der Waals surface area contributed by atoms with Crippen LogP contribution in [0.5, 0.6) is 0 Å². The number of rotatable bonds is 6. The number of aliphatic hydroxyl groups excluding tert-OH is 1. The second kappa shape index (κ2) is 9.17. The van der Waals surface area contributed by atoms with Gasteiger partial charge in [-0.1, -0.05) is 18.2 Å². The molecule has 5 rings (SSSR count). The highest BCUT2D eigenvalue weighted by molar-refractivity contribution is 5.92. The van der Waals surface area contributed by atoms with Crippen LogP contribution in [0.15, 0.2) is 60.9 Å². The molecule has 0 aliphatic carbocycles. The number of nitrogens with one attached hydrogen (secondary N) is 2. The van der Waals surface area contributed by atoms with Crippen molar-refractivity contribution in [3.8, 4) is 0 Å². The maximum Gasteiger partial charge on any atom is 0.319 e. The number of aromatic nitrogens is 2. The van der Waals surface area contributed by atoms with Gasteiger partial charge < -0.3 is 20.3 Å². The average Bonchev–Trinajstić information content (AvgIpc) is 3.40. The summed E-state index contributed by atoms with van der Waals surface area (Å²) in [7, 11) is 0. The van der Waals surface area contributed by atoms with Gasteiger partial charge in [-0.05, 0) is 59.2 Å². The predicted octanol–water partition coefficient (Wildman–Crippen LogP) is 3.72. The number of benzene rings is 3. The van der Waals surface area contributed by atoms with Crippen LogP contribution in [-0.2, 0) is 13.1 Å². The summed E-state index contributed by atoms with van der Waals surface area (Å²) in [6.45, 7) is 3.01. The molecule has 2 heterocycles. The Morgan fingerprint density at radius 2 is 1.97 bits per heavy atom. The van der Waals surface area contributed by atoms with Crippen molar-refractivity contribution >= 4 is 33.5 Å². The second-order valence-corrected chi connectivity index (χ2v) is 8.51. The molecule has 0 saturated carbocycles. The Labute approximate surface area is 190 Å². The number of aliphatic hydroxyl groups is 1. The van der Waals surface area contributed by atoms with E-state index < -0.39 is 0 Å². The molecule has 3 N–H and O–H groups in total. The van der Waals surface area contributed by atoms with E-state index in [1.165, 1.54) is 11.6 Å². The Morgan fingerprint density at radius 3 is 2.85 bits per heavy atom. The number of carbonyl (C=O) groups is 1. The molecule has 4 aromatic rings. The third kappa shape index (κ3) is 4.81. The minimum absolute atomic E-state index is 0.0487. The molecule has 1 aromatic heterocycles. The van der Waals surface area contributed by atoms with Crippen LogP contribution in [0.25, 0.3) is 21.8 Å². The van der Waals surface area contributed by atoms with E-state index in [0.29, 0.717) is 12.2 Å². The van der Waals surface area contributed by atoms with Gasteiger partial charge in [0.15, 0.2) is 0 Å². The van der Waals surface area contributed by atoms with E-state index in [9.17, 15) is 9.18 Å². The number of halogens is 1. The van der Waals surface area contributed by atoms with Crippen molar-refractivity contribution in [1.82, 2.24) is 19.8 Å². The zero-order valence-corrected chi connectivity index (χ0v) is 18.2. The largest absolute Gasteiger partial charge is 0.395 e. The summed E-state index contributed by atoms with van der Waals surface area (Å²) in [6, 6.07) is 16.3. The number of likely N-dealkylation sites (tertiary alicyclic amines) is 1. The normalized spacial score (nSPS) is 16.5. The van der Waals surface area contributed by atoms with Gasteiger partial charge in [-0.3, -0.25) is 4.90 Å². The van der Waals surface area contributed by atoms with Crippen LogP contribution in [0.2, 0.25) is 0 Å². The SMILES string of the molecule is O=C(Nc1ccc2c(c1)ncn2CCO)N[C@@H]1CCN(Cc2ccc3cc(F)ccc3c2)C1. The summed E-state index contributed by atoms with van der Waals surface area (Å²) in [5.41, 5.74) is 3.54. The number of fused-ring (bicyclic) bond motifs is 2. The Morgan fingerprint density at radius 1 is 1.12 bits per heavy atom. The molecule has 1 aliphatic heterocycles. The Kier molecular flexibility index (Phi) is 5.93. The summed E-state index contributed by atoms with van der Waals surface area (Å²) >= 11 is 0. The topological polar surface area (TPSA) is 82.4 Å². The van der Waals surface area contributed by atoms with Crippen LogP contribution in [0, 0.1) is 5.82 Å². The molecule has 3 aromatic carbocycles. The summed E-state index contributed by atoms with van der Waals surface area (Å²) in [4.78, 5) is 19.2. The molecule has 1 fully saturated rings. The minimum atomic E-state index is -0.233. The van der Waals surface area contributed by atoms with Gasteiger partial charge in [0.1, 0.15) is 5.82 Å². The monoisotopic (exact) mass is 447 g/mol. The van der Waals surface area contributed by atoms with Gasteiger partial charge in [0.25, 0.3) is 0 Å². The highest BCUT2D eigenvalue weighted by Crippen LogP contribution is 2.21. The van der Waals surface area contributed by atoms with Gasteiger partial charge in [-0.15, -0.1) is 0 Å². The molecule has 0 radical (unpaired) electrons. The Balaban J connectivity index is 1.15. The summed E-state index contributed by atoms with van der Waals surface area (Å²) in [5.74, 6) is -0.224. The van der Waals surface area contributed by atoms with E-state index in [0.717, 1.165) is 47.9 Å². The number of anilines is 1. The third-order valence-electron chi connectivity index (χ3n) is 6.10. The van der Waals surface area contributed by atoms with Gasteiger partial charge in [0.2, 0.25) is 0 Å². The number of urea groups is 1. The van der Waals surface area contributed by atoms with Crippen molar-refractivity contribution in [2.45, 2.75) is 25.6 Å². The average molecular weight is 448 g/mol. The fourth-order valence-corrected chi connectivity index (χ4v) is 4.50. The van der Waals surface area contributed by atoms with E-state index in [4.69, 9.17) is 5.11 Å². The first-order valence-corrected chi connectivity index (χ1v) is 11.1. The zero-order chi connectivity index (χ0) is 22.8. The summed E-state index contributed by atoms with van der Waals surface area (Å²) in [5, 5.41) is 17.0. The molecular formula is C25H26FN5O2. The van der Waals surface area contributed by atoms with Crippen LogP contribution in [0.1, 0.15) is 12.0 Å². The quantitative estimate of drug-likeness (QED) is 0.421. The highest BCUT2D eigenvalue weighted by Gasteiger charge is 2.24. The molecule has 170 valence electrons. The van der Waals surface area contributed by atoms with Gasteiger partial charge in [-0.2, -0.15) is 0 Å². The summed E-state index contributed by atoms with van der Waals surface area (Å²) in [6.07, 6.45) is 2.57. The van der Waals surface area contributed by atoms with Crippen LogP contribution < -0.4 is 10.6 Å². The standard InChI is InChI=1S/C25H26FN5O2/c26-20-4-3-18-11-17(1-2-19(18)12-20)14-30-8-7-22(15-30)29-25(33)28-21-5-6-24-23(13-21)27-16-31(24)9-10-32/h1-6,11-13,16,22,32H,7-10,14-15H2,(H2,28,29,33)/t22-/m1/s1. The number of amides is 2. The van der Waals surface area contributed by atoms with E-state index >= 15 is 0 Å². The molecule has 2 amide bonds. The Bertz CT molecular complexity index is 1300. The number of nitrogens with zero attached hydrogens (tertiary/aromatic N) is 3. The van der Waals surface area contributed by atoms with Crippen molar-refractivity contribution in [2.75, 3.05) is 25.0 Å². The zero-order valence-electron chi connectivity index (χ0n) is 18.2. The molecule has 0 spiro atoms. The molecule has 7 nitrogen and oxygen atoms in total. The fourth-order valence-electron chi connectivity index (χ4n) is 4.50. The van der Waals surface area contributed by atoms with E-state index in [2.05, 4.69) is 26.6 Å². The maximum absolute atomic E-state index is 13.4. The Hall–Kier alpha value is -3.49. The maximum atomic E-state index is 13.4. The first-order chi connectivity index (χ1) is 16.1. The van der Waals surface area contributed by atoms with Crippen molar-refractivity contribution in [3.63, 3.8) is 0 Å². The number of carbonyl (C=O) groups excluding carboxylic acids is 1. The lowest BCUT2D eigenvalue weighted by Crippen LogP contribution is -2.39. The lowest BCUT2D eigenvalue weighted by molar-refractivity contribution is 0.247. The fraction of sp³-hybridized carbons (Fsp3) is 0.280. The van der Waals surface area contributed by atoms with Gasteiger partial charge in [-0.25, -0.2) is 14.2 Å². The second-order valence-electron chi connectivity index (χ2n) is 8.51. The summed E-state index contributed by atoms with van der Waals surface area (Å²) < 4.78 is 15.3. The van der Waals surface area contributed by atoms with Crippen molar-refractivity contribution in [3.05, 3.63) is 72.3 Å². The van der Waals surface area contributed by atoms with E-state index in [-0.39, 0.29) is 24.5 Å². The van der Waals surface area contributed by atoms with Crippen LogP contribution in [-0.4, -0.2) is 51.3 Å². The lowest BCUT2D eigenvalue weighted by atomic mass is 10.1. The lowest BCUT2D eigenvalue weighted by Gasteiger charge is -2.17. The number of hydrogen-bond acceptors (Lipinski definition) is 4. The van der Waals surface area contributed by atoms with Gasteiger partial charge in [0, 0.05) is 37.9 Å². The van der Waals surface area contributed by atoms with Crippen molar-refractivity contribution in [1.29, 1.82) is 0 Å². The van der Waals surface area contributed by atoms with Crippen LogP contribution in [0.4, 0.5) is 14.9 Å². The smallest absolute Gasteiger partial charge is 0.319 e. The predicted molar refractivity (Wildman–Crippen MR) is 127 cm³/mol. The highest BCUT2D eigenvalue weighted by atomic mass is 19.1. The number of hydrogen-bond donors (Lipinski definition) is 3. The molecule has 0 bridgehead atoms.